The summed E-state index contributed by atoms with van der Waals surface area (Å²) in [5.41, 5.74) is 0.0268. The minimum absolute atomic E-state index is 0.0268. The minimum atomic E-state index is -2.40. The van der Waals surface area contributed by atoms with Crippen molar-refractivity contribution in [1.82, 2.24) is 0 Å². The van der Waals surface area contributed by atoms with Gasteiger partial charge in [0.1, 0.15) is 19.3 Å². The van der Waals surface area contributed by atoms with Gasteiger partial charge in [0.2, 0.25) is 0 Å². The Morgan fingerprint density at radius 1 is 1.24 bits per heavy atom. The molecular formula is C12H23O3PS. The molecule has 17 heavy (non-hydrogen) atoms. The van der Waals surface area contributed by atoms with Crippen LogP contribution in [0.15, 0.2) is 0 Å². The molecule has 3 aliphatic rings. The Morgan fingerprint density at radius 3 is 2.29 bits per heavy atom. The summed E-state index contributed by atoms with van der Waals surface area (Å²) < 4.78 is 17.3. The molecule has 3 aliphatic heterocycles. The fourth-order valence-electron chi connectivity index (χ4n) is 2.66. The molecule has 2 bridgehead atoms. The second-order valence-electron chi connectivity index (χ2n) is 6.06. The quantitative estimate of drug-likeness (QED) is 0.578. The molecular weight excluding hydrogens is 255 g/mol. The highest BCUT2D eigenvalue weighted by Gasteiger charge is 2.59. The number of rotatable bonds is 4. The van der Waals surface area contributed by atoms with Crippen molar-refractivity contribution >= 4 is 19.4 Å². The third-order valence-electron chi connectivity index (χ3n) is 3.69. The van der Waals surface area contributed by atoms with Gasteiger partial charge in [-0.3, -0.25) is 0 Å². The van der Waals surface area contributed by atoms with Crippen LogP contribution in [0.25, 0.3) is 0 Å². The zero-order chi connectivity index (χ0) is 12.7. The van der Waals surface area contributed by atoms with Crippen LogP contribution in [0.5, 0.6) is 0 Å². The molecule has 0 spiro atoms. The van der Waals surface area contributed by atoms with Crippen molar-refractivity contribution in [3.05, 3.63) is 0 Å². The molecule has 100 valence electrons. The van der Waals surface area contributed by atoms with Gasteiger partial charge >= 0.3 is 0 Å². The van der Waals surface area contributed by atoms with Gasteiger partial charge < -0.3 is 12.2 Å². The molecule has 1 atom stereocenters. The summed E-state index contributed by atoms with van der Waals surface area (Å²) in [5.74, 6) is 1.17. The van der Waals surface area contributed by atoms with Crippen LogP contribution in [-0.2, 0) is 25.8 Å². The Labute approximate surface area is 110 Å². The van der Waals surface area contributed by atoms with Crippen molar-refractivity contribution < 1.29 is 13.6 Å². The minimum Gasteiger partial charge on any atom is -0.459 e. The first-order valence-corrected chi connectivity index (χ1v) is 9.00. The average molecular weight is 278 g/mol. The van der Waals surface area contributed by atoms with E-state index in [1.807, 2.05) is 0 Å². The van der Waals surface area contributed by atoms with Gasteiger partial charge in [0, 0.05) is 0 Å². The highest BCUT2D eigenvalue weighted by Crippen LogP contribution is 2.71. The maximum Gasteiger partial charge on any atom is 0.290 e. The van der Waals surface area contributed by atoms with E-state index < -0.39 is 7.15 Å². The van der Waals surface area contributed by atoms with Crippen LogP contribution in [0, 0.1) is 17.3 Å². The second kappa shape index (κ2) is 4.97. The lowest BCUT2D eigenvalue weighted by atomic mass is 9.74. The number of hydrogen-bond acceptors (Lipinski definition) is 4. The Balaban J connectivity index is 2.12. The Hall–Kier alpha value is 0.660. The maximum absolute atomic E-state index is 5.95. The Morgan fingerprint density at radius 2 is 1.82 bits per heavy atom. The van der Waals surface area contributed by atoms with Crippen LogP contribution in [0.1, 0.15) is 40.5 Å². The van der Waals surface area contributed by atoms with Gasteiger partial charge in [-0.2, -0.15) is 13.6 Å². The Kier molecular flexibility index (Phi) is 4.12. The van der Waals surface area contributed by atoms with Crippen molar-refractivity contribution in [1.29, 1.82) is 0 Å². The monoisotopic (exact) mass is 278 g/mol. The van der Waals surface area contributed by atoms with E-state index >= 15 is 0 Å². The first-order valence-electron chi connectivity index (χ1n) is 6.44. The lowest BCUT2D eigenvalue weighted by molar-refractivity contribution is -0.145. The largest absolute Gasteiger partial charge is 0.459 e. The third kappa shape index (κ3) is 2.82. The van der Waals surface area contributed by atoms with Crippen LogP contribution in [0.3, 0.4) is 0 Å². The summed E-state index contributed by atoms with van der Waals surface area (Å²) in [6, 6.07) is 0. The normalized spacial score (nSPS) is 41.5. The second-order valence-corrected chi connectivity index (χ2v) is 9.02. The summed E-state index contributed by atoms with van der Waals surface area (Å²) in [4.78, 5) is 0. The molecule has 5 heteroatoms. The van der Waals surface area contributed by atoms with Gasteiger partial charge in [-0.15, -0.1) is 0 Å². The van der Waals surface area contributed by atoms with Crippen LogP contribution < -0.4 is 0 Å². The molecule has 3 rings (SSSR count). The van der Waals surface area contributed by atoms with Crippen molar-refractivity contribution in [2.45, 2.75) is 46.6 Å². The van der Waals surface area contributed by atoms with E-state index in [0.29, 0.717) is 11.8 Å². The summed E-state index contributed by atoms with van der Waals surface area (Å²) in [6.07, 6.45) is 2.49. The van der Waals surface area contributed by atoms with Gasteiger partial charge in [-0.1, -0.05) is 34.1 Å². The highest BCUT2D eigenvalue weighted by atomic mass is 32.7. The van der Waals surface area contributed by atoms with E-state index in [-0.39, 0.29) is 11.5 Å². The lowest BCUT2D eigenvalue weighted by Crippen LogP contribution is -2.54. The summed E-state index contributed by atoms with van der Waals surface area (Å²) in [7, 11) is -2.40. The molecule has 0 amide bonds. The lowest BCUT2D eigenvalue weighted by Gasteiger charge is -2.53. The molecule has 0 saturated carbocycles. The van der Waals surface area contributed by atoms with Crippen LogP contribution in [-0.4, -0.2) is 19.3 Å². The van der Waals surface area contributed by atoms with Crippen LogP contribution in [0.4, 0.5) is 0 Å². The van der Waals surface area contributed by atoms with Gasteiger partial charge in [0.15, 0.2) is 0 Å². The molecule has 0 aliphatic carbocycles. The number of hydrogen-bond donors (Lipinski definition) is 0. The fourth-order valence-corrected chi connectivity index (χ4v) is 5.03. The molecule has 0 aromatic carbocycles. The van der Waals surface area contributed by atoms with E-state index in [9.17, 15) is 0 Å². The SMILES string of the molecule is CC(C)CCC12CO[P+]([S-])(OC1)OC2C(C)C. The molecule has 3 saturated heterocycles. The van der Waals surface area contributed by atoms with E-state index in [1.165, 1.54) is 6.42 Å². The number of fused-ring (bicyclic) bond motifs is 3. The van der Waals surface area contributed by atoms with Gasteiger partial charge in [0.05, 0.1) is 5.41 Å². The van der Waals surface area contributed by atoms with Crippen molar-refractivity contribution in [3.8, 4) is 0 Å². The summed E-state index contributed by atoms with van der Waals surface area (Å²) >= 11 is 5.32. The molecule has 3 fully saturated rings. The smallest absolute Gasteiger partial charge is 0.290 e. The maximum atomic E-state index is 5.95. The predicted molar refractivity (Wildman–Crippen MR) is 72.4 cm³/mol. The Bertz CT molecular complexity index is 275. The molecule has 3 heterocycles. The van der Waals surface area contributed by atoms with E-state index in [2.05, 4.69) is 27.7 Å². The molecule has 0 N–H and O–H groups in total. The summed E-state index contributed by atoms with van der Waals surface area (Å²) in [5, 5.41) is 0. The fraction of sp³-hybridized carbons (Fsp3) is 1.00. The van der Waals surface area contributed by atoms with E-state index in [0.717, 1.165) is 19.6 Å². The van der Waals surface area contributed by atoms with Crippen molar-refractivity contribution in [3.63, 3.8) is 0 Å². The average Bonchev–Trinajstić information content (AvgIpc) is 2.27. The predicted octanol–water partition coefficient (Wildman–Crippen LogP) is 3.74. The molecule has 3 nitrogen and oxygen atoms in total. The molecule has 0 aromatic heterocycles. The van der Waals surface area contributed by atoms with Crippen molar-refractivity contribution in [2.75, 3.05) is 13.2 Å². The first kappa shape index (κ1) is 14.1. The molecule has 0 aromatic rings. The van der Waals surface area contributed by atoms with Crippen molar-refractivity contribution in [2.24, 2.45) is 17.3 Å². The highest BCUT2D eigenvalue weighted by molar-refractivity contribution is 8.36. The summed E-state index contributed by atoms with van der Waals surface area (Å²) in [6.45, 7) is 10.3. The zero-order valence-corrected chi connectivity index (χ0v) is 12.9. The van der Waals surface area contributed by atoms with E-state index in [1.54, 1.807) is 0 Å². The van der Waals surface area contributed by atoms with Gasteiger partial charge in [0.25, 0.3) is 7.15 Å². The van der Waals surface area contributed by atoms with Gasteiger partial charge in [-0.25, -0.2) is 0 Å². The topological polar surface area (TPSA) is 27.7 Å². The van der Waals surface area contributed by atoms with E-state index in [4.69, 9.17) is 25.8 Å². The molecule has 1 unspecified atom stereocenters. The van der Waals surface area contributed by atoms with Crippen LogP contribution in [0.2, 0.25) is 0 Å². The zero-order valence-electron chi connectivity index (χ0n) is 11.1. The molecule has 0 radical (unpaired) electrons. The first-order chi connectivity index (χ1) is 7.87. The van der Waals surface area contributed by atoms with Gasteiger partial charge in [-0.05, 0) is 18.3 Å². The third-order valence-corrected chi connectivity index (χ3v) is 5.96. The van der Waals surface area contributed by atoms with Crippen LogP contribution >= 0.6 is 7.15 Å². The standard InChI is InChI=1S/C12H23O3PS/c1-9(2)5-6-12-7-13-16(17,14-8-12)15-11(12)10(3)4/h9-11H,5-8H2,1-4H3.